The number of hydrogen-bond acceptors (Lipinski definition) is 2. The Balaban J connectivity index is 1.74. The summed E-state index contributed by atoms with van der Waals surface area (Å²) in [7, 11) is 2.22. The standard InChI is InChI=1S/C18H24N2/c1-20(12-14-6-2-3-7-14)13-17-10-15-8-4-5-9-16(15)11-18(17)19/h4-5,8-11,14H,2-3,6-7,12-13,19H2,1H3. The van der Waals surface area contributed by atoms with Crippen LogP contribution < -0.4 is 5.73 Å². The van der Waals surface area contributed by atoms with E-state index in [1.807, 2.05) is 0 Å². The fourth-order valence-electron chi connectivity index (χ4n) is 3.43. The lowest BCUT2D eigenvalue weighted by atomic mass is 10.0. The summed E-state index contributed by atoms with van der Waals surface area (Å²) in [5, 5.41) is 2.51. The van der Waals surface area contributed by atoms with Crippen LogP contribution in [-0.4, -0.2) is 18.5 Å². The van der Waals surface area contributed by atoms with E-state index < -0.39 is 0 Å². The van der Waals surface area contributed by atoms with Crippen LogP contribution in [0.4, 0.5) is 5.69 Å². The molecule has 0 amide bonds. The van der Waals surface area contributed by atoms with Crippen LogP contribution in [0.5, 0.6) is 0 Å². The number of anilines is 1. The average Bonchev–Trinajstić information content (AvgIpc) is 2.92. The van der Waals surface area contributed by atoms with Crippen LogP contribution in [0.1, 0.15) is 31.2 Å². The number of fused-ring (bicyclic) bond motifs is 1. The molecule has 2 heteroatoms. The highest BCUT2D eigenvalue weighted by molar-refractivity contribution is 5.86. The Kier molecular flexibility index (Phi) is 3.93. The van der Waals surface area contributed by atoms with Crippen LogP contribution in [-0.2, 0) is 6.54 Å². The van der Waals surface area contributed by atoms with Gasteiger partial charge in [0.05, 0.1) is 0 Å². The second kappa shape index (κ2) is 5.84. The maximum Gasteiger partial charge on any atom is 0.0366 e. The third-order valence-corrected chi connectivity index (χ3v) is 4.49. The van der Waals surface area contributed by atoms with E-state index in [0.29, 0.717) is 0 Å². The molecule has 106 valence electrons. The number of nitrogens with zero attached hydrogens (tertiary/aromatic N) is 1. The summed E-state index contributed by atoms with van der Waals surface area (Å²) in [4.78, 5) is 2.43. The van der Waals surface area contributed by atoms with Gasteiger partial charge in [0.2, 0.25) is 0 Å². The topological polar surface area (TPSA) is 29.3 Å². The summed E-state index contributed by atoms with van der Waals surface area (Å²) in [6.07, 6.45) is 5.63. The van der Waals surface area contributed by atoms with Gasteiger partial charge < -0.3 is 10.6 Å². The Morgan fingerprint density at radius 2 is 1.75 bits per heavy atom. The van der Waals surface area contributed by atoms with Gasteiger partial charge in [-0.05, 0) is 54.3 Å². The van der Waals surface area contributed by atoms with Crippen molar-refractivity contribution < 1.29 is 0 Å². The zero-order chi connectivity index (χ0) is 13.9. The van der Waals surface area contributed by atoms with Crippen LogP contribution in [0.15, 0.2) is 36.4 Å². The molecule has 2 nitrogen and oxygen atoms in total. The molecule has 0 heterocycles. The lowest BCUT2D eigenvalue weighted by Gasteiger charge is -2.21. The molecule has 2 aromatic carbocycles. The highest BCUT2D eigenvalue weighted by atomic mass is 15.1. The summed E-state index contributed by atoms with van der Waals surface area (Å²) in [5.41, 5.74) is 8.39. The van der Waals surface area contributed by atoms with Gasteiger partial charge in [0.15, 0.2) is 0 Å². The predicted molar refractivity (Wildman–Crippen MR) is 86.7 cm³/mol. The second-order valence-corrected chi connectivity index (χ2v) is 6.25. The van der Waals surface area contributed by atoms with E-state index in [1.54, 1.807) is 0 Å². The van der Waals surface area contributed by atoms with Crippen LogP contribution in [0.3, 0.4) is 0 Å². The van der Waals surface area contributed by atoms with Gasteiger partial charge in [-0.3, -0.25) is 0 Å². The van der Waals surface area contributed by atoms with Crippen molar-refractivity contribution in [2.45, 2.75) is 32.2 Å². The van der Waals surface area contributed by atoms with E-state index in [0.717, 1.165) is 18.2 Å². The minimum Gasteiger partial charge on any atom is -0.398 e. The van der Waals surface area contributed by atoms with Crippen molar-refractivity contribution in [3.05, 3.63) is 42.0 Å². The summed E-state index contributed by atoms with van der Waals surface area (Å²) in [5.74, 6) is 0.890. The van der Waals surface area contributed by atoms with Gasteiger partial charge in [-0.2, -0.15) is 0 Å². The van der Waals surface area contributed by atoms with Crippen molar-refractivity contribution in [3.63, 3.8) is 0 Å². The van der Waals surface area contributed by atoms with Gasteiger partial charge >= 0.3 is 0 Å². The summed E-state index contributed by atoms with van der Waals surface area (Å²) in [6.45, 7) is 2.15. The van der Waals surface area contributed by atoms with Gasteiger partial charge in [-0.1, -0.05) is 37.1 Å². The molecule has 0 unspecified atom stereocenters. The lowest BCUT2D eigenvalue weighted by molar-refractivity contribution is 0.271. The highest BCUT2D eigenvalue weighted by Gasteiger charge is 2.17. The molecule has 1 saturated carbocycles. The van der Waals surface area contributed by atoms with E-state index in [2.05, 4.69) is 48.3 Å². The molecule has 0 bridgehead atoms. The monoisotopic (exact) mass is 268 g/mol. The molecule has 1 fully saturated rings. The van der Waals surface area contributed by atoms with Crippen molar-refractivity contribution in [2.24, 2.45) is 5.92 Å². The first-order chi connectivity index (χ1) is 9.72. The summed E-state index contributed by atoms with van der Waals surface area (Å²) < 4.78 is 0. The Morgan fingerprint density at radius 1 is 1.10 bits per heavy atom. The molecule has 0 aromatic heterocycles. The van der Waals surface area contributed by atoms with E-state index in [1.165, 1.54) is 48.6 Å². The largest absolute Gasteiger partial charge is 0.398 e. The van der Waals surface area contributed by atoms with Crippen LogP contribution in [0.25, 0.3) is 10.8 Å². The Morgan fingerprint density at radius 3 is 2.45 bits per heavy atom. The molecule has 0 saturated heterocycles. The van der Waals surface area contributed by atoms with Crippen LogP contribution >= 0.6 is 0 Å². The highest BCUT2D eigenvalue weighted by Crippen LogP contribution is 2.27. The first kappa shape index (κ1) is 13.4. The molecule has 1 aliphatic carbocycles. The Labute approximate surface area is 121 Å². The van der Waals surface area contributed by atoms with Crippen molar-refractivity contribution in [1.82, 2.24) is 4.90 Å². The quantitative estimate of drug-likeness (QED) is 0.848. The normalized spacial score (nSPS) is 16.3. The second-order valence-electron chi connectivity index (χ2n) is 6.25. The number of nitrogens with two attached hydrogens (primary N) is 1. The molecule has 0 atom stereocenters. The number of nitrogen functional groups attached to an aromatic ring is 1. The molecule has 1 aliphatic rings. The van der Waals surface area contributed by atoms with Crippen LogP contribution in [0.2, 0.25) is 0 Å². The zero-order valence-electron chi connectivity index (χ0n) is 12.3. The van der Waals surface area contributed by atoms with E-state index >= 15 is 0 Å². The summed E-state index contributed by atoms with van der Waals surface area (Å²) in [6, 6.07) is 12.8. The van der Waals surface area contributed by atoms with Crippen LogP contribution in [0, 0.1) is 5.92 Å². The SMILES string of the molecule is CN(Cc1cc2ccccc2cc1N)CC1CCCC1. The van der Waals surface area contributed by atoms with Gasteiger partial charge in [-0.25, -0.2) is 0 Å². The van der Waals surface area contributed by atoms with Gasteiger partial charge in [0, 0.05) is 18.8 Å². The molecule has 2 aromatic rings. The van der Waals surface area contributed by atoms with Gasteiger partial charge in [0.25, 0.3) is 0 Å². The first-order valence-corrected chi connectivity index (χ1v) is 7.68. The summed E-state index contributed by atoms with van der Waals surface area (Å²) >= 11 is 0. The fraction of sp³-hybridized carbons (Fsp3) is 0.444. The Hall–Kier alpha value is -1.54. The minimum absolute atomic E-state index is 0.890. The van der Waals surface area contributed by atoms with Crippen molar-refractivity contribution in [3.8, 4) is 0 Å². The minimum atomic E-state index is 0.890. The van der Waals surface area contributed by atoms with Gasteiger partial charge in [0.1, 0.15) is 0 Å². The lowest BCUT2D eigenvalue weighted by Crippen LogP contribution is -2.24. The van der Waals surface area contributed by atoms with E-state index in [4.69, 9.17) is 5.73 Å². The Bertz CT molecular complexity index is 585. The fourth-order valence-corrected chi connectivity index (χ4v) is 3.43. The molecule has 20 heavy (non-hydrogen) atoms. The van der Waals surface area contributed by atoms with Gasteiger partial charge in [-0.15, -0.1) is 0 Å². The third kappa shape index (κ3) is 2.96. The molecular formula is C18H24N2. The maximum absolute atomic E-state index is 6.22. The molecular weight excluding hydrogens is 244 g/mol. The molecule has 3 rings (SSSR count). The average molecular weight is 268 g/mol. The third-order valence-electron chi connectivity index (χ3n) is 4.49. The first-order valence-electron chi connectivity index (χ1n) is 7.68. The molecule has 0 aliphatic heterocycles. The zero-order valence-corrected chi connectivity index (χ0v) is 12.3. The molecule has 2 N–H and O–H groups in total. The van der Waals surface area contributed by atoms with Crippen molar-refractivity contribution in [2.75, 3.05) is 19.3 Å². The van der Waals surface area contributed by atoms with E-state index in [-0.39, 0.29) is 0 Å². The molecule has 0 radical (unpaired) electrons. The maximum atomic E-state index is 6.22. The van der Waals surface area contributed by atoms with E-state index in [9.17, 15) is 0 Å². The van der Waals surface area contributed by atoms with Crippen molar-refractivity contribution >= 4 is 16.5 Å². The predicted octanol–water partition coefficient (Wildman–Crippen LogP) is 4.04. The number of benzene rings is 2. The van der Waals surface area contributed by atoms with Crippen molar-refractivity contribution in [1.29, 1.82) is 0 Å². The number of hydrogen-bond donors (Lipinski definition) is 1. The smallest absolute Gasteiger partial charge is 0.0366 e. The number of rotatable bonds is 4. The molecule has 0 spiro atoms.